The normalized spacial score (nSPS) is 21.6. The number of carbonyl (C=O) groups is 1. The second-order valence-corrected chi connectivity index (χ2v) is 8.91. The van der Waals surface area contributed by atoms with E-state index in [0.717, 1.165) is 23.9 Å². The first-order valence-corrected chi connectivity index (χ1v) is 11.0. The number of hydrogen-bond donors (Lipinski definition) is 0. The van der Waals surface area contributed by atoms with E-state index in [1.807, 2.05) is 26.0 Å². The van der Waals surface area contributed by atoms with Gasteiger partial charge < -0.3 is 9.64 Å². The molecule has 1 aromatic carbocycles. The monoisotopic (exact) mass is 441 g/mol. The Morgan fingerprint density at radius 1 is 1.23 bits per heavy atom. The van der Waals surface area contributed by atoms with Crippen LogP contribution in [0, 0.1) is 0 Å². The minimum Gasteiger partial charge on any atom is -0.372 e. The first-order valence-electron chi connectivity index (χ1n) is 10.6. The van der Waals surface area contributed by atoms with Gasteiger partial charge in [-0.05, 0) is 44.9 Å². The van der Waals surface area contributed by atoms with Crippen LogP contribution >= 0.6 is 11.6 Å². The maximum absolute atomic E-state index is 13.4. The Balaban J connectivity index is 1.57. The first-order chi connectivity index (χ1) is 14.9. The van der Waals surface area contributed by atoms with Crippen molar-refractivity contribution >= 4 is 28.4 Å². The Kier molecular flexibility index (Phi) is 5.06. The maximum Gasteiger partial charge on any atom is 0.293 e. The fourth-order valence-electron chi connectivity index (χ4n) is 4.27. The van der Waals surface area contributed by atoms with E-state index >= 15 is 0 Å². The molecule has 9 heteroatoms. The molecule has 1 saturated carbocycles. The van der Waals surface area contributed by atoms with Crippen LogP contribution in [0.3, 0.4) is 0 Å². The molecule has 2 aromatic heterocycles. The zero-order valence-electron chi connectivity index (χ0n) is 17.5. The second kappa shape index (κ2) is 7.76. The van der Waals surface area contributed by atoms with Crippen molar-refractivity contribution in [3.05, 3.63) is 51.5 Å². The average molecular weight is 442 g/mol. The summed E-state index contributed by atoms with van der Waals surface area (Å²) in [5.74, 6) is 0.163. The summed E-state index contributed by atoms with van der Waals surface area (Å²) in [5.41, 5.74) is 1.62. The summed E-state index contributed by atoms with van der Waals surface area (Å²) in [7, 11) is 0. The lowest BCUT2D eigenvalue weighted by molar-refractivity contribution is -0.144. The van der Waals surface area contributed by atoms with Crippen LogP contribution in [0.1, 0.15) is 38.3 Å². The van der Waals surface area contributed by atoms with Gasteiger partial charge in [0, 0.05) is 29.4 Å². The van der Waals surface area contributed by atoms with Gasteiger partial charge in [-0.25, -0.2) is 9.36 Å². The van der Waals surface area contributed by atoms with Crippen molar-refractivity contribution in [3.8, 4) is 5.69 Å². The van der Waals surface area contributed by atoms with E-state index in [1.54, 1.807) is 27.9 Å². The second-order valence-electron chi connectivity index (χ2n) is 8.48. The summed E-state index contributed by atoms with van der Waals surface area (Å²) >= 11 is 6.16. The number of fused-ring (bicyclic) bond motifs is 1. The van der Waals surface area contributed by atoms with Gasteiger partial charge in [0.05, 0.1) is 29.8 Å². The summed E-state index contributed by atoms with van der Waals surface area (Å²) in [6.07, 6.45) is 3.66. The van der Waals surface area contributed by atoms with Crippen LogP contribution in [0.15, 0.2) is 35.3 Å². The van der Waals surface area contributed by atoms with E-state index in [0.29, 0.717) is 35.2 Å². The molecule has 0 spiro atoms. The predicted octanol–water partition coefficient (Wildman–Crippen LogP) is 2.75. The number of hydrogen-bond acceptors (Lipinski definition) is 5. The van der Waals surface area contributed by atoms with Crippen molar-refractivity contribution in [2.45, 2.75) is 51.4 Å². The Morgan fingerprint density at radius 3 is 2.65 bits per heavy atom. The van der Waals surface area contributed by atoms with Gasteiger partial charge in [0.25, 0.3) is 5.56 Å². The molecule has 1 aliphatic carbocycles. The molecule has 2 aliphatic rings. The SMILES string of the molecule is CC1CN(C(=O)Cn2nc(C3CC3)c3cnn(-c4cccc(Cl)c4)c3c2=O)CC(C)O1. The van der Waals surface area contributed by atoms with Gasteiger partial charge in [0.2, 0.25) is 5.91 Å². The Bertz CT molecular complexity index is 1210. The highest BCUT2D eigenvalue weighted by Crippen LogP contribution is 2.41. The fourth-order valence-corrected chi connectivity index (χ4v) is 4.46. The highest BCUT2D eigenvalue weighted by atomic mass is 35.5. The van der Waals surface area contributed by atoms with Crippen LogP contribution < -0.4 is 5.56 Å². The van der Waals surface area contributed by atoms with Crippen LogP contribution in [0.25, 0.3) is 16.6 Å². The van der Waals surface area contributed by atoms with Gasteiger partial charge in [0.1, 0.15) is 12.1 Å². The van der Waals surface area contributed by atoms with E-state index in [4.69, 9.17) is 16.3 Å². The molecule has 0 N–H and O–H groups in total. The van der Waals surface area contributed by atoms with Crippen LogP contribution in [-0.2, 0) is 16.1 Å². The Labute approximate surface area is 184 Å². The molecule has 3 aromatic rings. The minimum atomic E-state index is -0.334. The van der Waals surface area contributed by atoms with Crippen LogP contribution in [-0.4, -0.2) is 55.7 Å². The molecule has 5 rings (SSSR count). The molecule has 31 heavy (non-hydrogen) atoms. The lowest BCUT2D eigenvalue weighted by Gasteiger charge is -2.35. The third kappa shape index (κ3) is 3.85. The highest BCUT2D eigenvalue weighted by molar-refractivity contribution is 6.30. The Morgan fingerprint density at radius 2 is 1.97 bits per heavy atom. The largest absolute Gasteiger partial charge is 0.372 e. The summed E-state index contributed by atoms with van der Waals surface area (Å²) in [4.78, 5) is 28.2. The summed E-state index contributed by atoms with van der Waals surface area (Å²) in [5, 5.41) is 10.4. The van der Waals surface area contributed by atoms with Crippen molar-refractivity contribution in [3.63, 3.8) is 0 Å². The van der Waals surface area contributed by atoms with Gasteiger partial charge in [-0.2, -0.15) is 10.2 Å². The number of halogens is 1. The number of benzene rings is 1. The molecule has 3 heterocycles. The molecule has 8 nitrogen and oxygen atoms in total. The third-order valence-corrected chi connectivity index (χ3v) is 6.02. The standard InChI is InChI=1S/C22H24ClN5O3/c1-13-10-26(11-14(2)31-13)19(29)12-27-22(30)21-18(20(25-27)15-6-7-15)9-24-28(21)17-5-3-4-16(23)8-17/h3-5,8-9,13-15H,6-7,10-12H2,1-2H3. The lowest BCUT2D eigenvalue weighted by atomic mass is 10.2. The number of ether oxygens (including phenoxy) is 1. The number of carbonyl (C=O) groups excluding carboxylic acids is 1. The zero-order valence-corrected chi connectivity index (χ0v) is 18.2. The van der Waals surface area contributed by atoms with E-state index in [1.165, 1.54) is 4.68 Å². The van der Waals surface area contributed by atoms with Crippen molar-refractivity contribution in [2.75, 3.05) is 13.1 Å². The molecular weight excluding hydrogens is 418 g/mol. The maximum atomic E-state index is 13.4. The van der Waals surface area contributed by atoms with Crippen molar-refractivity contribution < 1.29 is 9.53 Å². The van der Waals surface area contributed by atoms with Gasteiger partial charge in [-0.15, -0.1) is 0 Å². The van der Waals surface area contributed by atoms with E-state index in [2.05, 4.69) is 10.2 Å². The van der Waals surface area contributed by atoms with Crippen molar-refractivity contribution in [1.82, 2.24) is 24.5 Å². The number of morpholine rings is 1. The van der Waals surface area contributed by atoms with Gasteiger partial charge in [-0.1, -0.05) is 17.7 Å². The van der Waals surface area contributed by atoms with Gasteiger partial charge >= 0.3 is 0 Å². The van der Waals surface area contributed by atoms with Crippen molar-refractivity contribution in [2.24, 2.45) is 0 Å². The van der Waals surface area contributed by atoms with Crippen molar-refractivity contribution in [1.29, 1.82) is 0 Å². The first kappa shape index (κ1) is 20.2. The molecule has 1 aliphatic heterocycles. The zero-order chi connectivity index (χ0) is 21.7. The quantitative estimate of drug-likeness (QED) is 0.621. The molecule has 0 bridgehead atoms. The lowest BCUT2D eigenvalue weighted by Crippen LogP contribution is -2.49. The molecule has 2 fully saturated rings. The molecular formula is C22H24ClN5O3. The summed E-state index contributed by atoms with van der Waals surface area (Å²) in [6.45, 7) is 4.81. The predicted molar refractivity (Wildman–Crippen MR) is 117 cm³/mol. The van der Waals surface area contributed by atoms with Crippen LogP contribution in [0.2, 0.25) is 5.02 Å². The van der Waals surface area contributed by atoms with Crippen LogP contribution in [0.4, 0.5) is 0 Å². The van der Waals surface area contributed by atoms with E-state index in [9.17, 15) is 9.59 Å². The van der Waals surface area contributed by atoms with Crippen LogP contribution in [0.5, 0.6) is 0 Å². The number of nitrogens with zero attached hydrogens (tertiary/aromatic N) is 5. The number of amides is 1. The number of rotatable bonds is 4. The smallest absolute Gasteiger partial charge is 0.293 e. The summed E-state index contributed by atoms with van der Waals surface area (Å²) < 4.78 is 8.61. The topological polar surface area (TPSA) is 82.3 Å². The summed E-state index contributed by atoms with van der Waals surface area (Å²) in [6, 6.07) is 7.20. The molecule has 2 unspecified atom stereocenters. The Hall–Kier alpha value is -2.71. The fraction of sp³-hybridized carbons (Fsp3) is 0.455. The molecule has 2 atom stereocenters. The minimum absolute atomic E-state index is 0.0360. The highest BCUT2D eigenvalue weighted by Gasteiger charge is 2.31. The number of aromatic nitrogens is 4. The van der Waals surface area contributed by atoms with Gasteiger partial charge in [0.15, 0.2) is 0 Å². The molecule has 162 valence electrons. The molecule has 1 saturated heterocycles. The van der Waals surface area contributed by atoms with E-state index in [-0.39, 0.29) is 30.2 Å². The van der Waals surface area contributed by atoms with E-state index < -0.39 is 0 Å². The third-order valence-electron chi connectivity index (χ3n) is 5.78. The average Bonchev–Trinajstić information content (AvgIpc) is 3.47. The molecule has 0 radical (unpaired) electrons. The van der Waals surface area contributed by atoms with Gasteiger partial charge in [-0.3, -0.25) is 9.59 Å². The molecule has 1 amide bonds.